The van der Waals surface area contributed by atoms with Gasteiger partial charge in [0.05, 0.1) is 0 Å². The van der Waals surface area contributed by atoms with Crippen molar-refractivity contribution in [3.63, 3.8) is 0 Å². The molecule has 1 aliphatic rings. The summed E-state index contributed by atoms with van der Waals surface area (Å²) in [6.45, 7) is 8.43. The van der Waals surface area contributed by atoms with Crippen LogP contribution in [-0.4, -0.2) is 22.8 Å². The zero-order valence-electron chi connectivity index (χ0n) is 18.3. The van der Waals surface area contributed by atoms with E-state index in [1.165, 1.54) is 12.1 Å². The summed E-state index contributed by atoms with van der Waals surface area (Å²) >= 11 is 6.19. The first kappa shape index (κ1) is 23.1. The molecule has 3 rings (SSSR count). The first-order valence-electron chi connectivity index (χ1n) is 10.4. The number of hydrogen-bond acceptors (Lipinski definition) is 3. The van der Waals surface area contributed by atoms with E-state index in [0.717, 1.165) is 5.56 Å². The lowest BCUT2D eigenvalue weighted by Crippen LogP contribution is -2.38. The Labute approximate surface area is 187 Å². The van der Waals surface area contributed by atoms with E-state index in [4.69, 9.17) is 16.3 Å². The zero-order chi connectivity index (χ0) is 22.8. The van der Waals surface area contributed by atoms with Gasteiger partial charge in [-0.15, -0.1) is 0 Å². The van der Waals surface area contributed by atoms with Crippen molar-refractivity contribution in [2.24, 2.45) is 5.41 Å². The molecule has 0 spiro atoms. The minimum atomic E-state index is -0.623. The Morgan fingerprint density at radius 2 is 2.00 bits per heavy atom. The predicted octanol–water partition coefficient (Wildman–Crippen LogP) is 5.55. The summed E-state index contributed by atoms with van der Waals surface area (Å²) < 4.78 is 19.4. The van der Waals surface area contributed by atoms with E-state index in [2.05, 4.69) is 5.32 Å². The van der Waals surface area contributed by atoms with Crippen LogP contribution >= 0.6 is 11.6 Å². The van der Waals surface area contributed by atoms with Crippen LogP contribution in [0.2, 0.25) is 5.02 Å². The number of fused-ring (bicyclic) bond motifs is 1. The first-order chi connectivity index (χ1) is 14.6. The highest BCUT2D eigenvalue weighted by Crippen LogP contribution is 2.31. The van der Waals surface area contributed by atoms with Crippen LogP contribution in [0.1, 0.15) is 51.7 Å². The Hall–Kier alpha value is -2.60. The maximum Gasteiger partial charge on any atom is 0.264 e. The molecule has 1 N–H and O–H groups in total. The molecule has 2 amide bonds. The lowest BCUT2D eigenvalue weighted by molar-refractivity contribution is -0.139. The molecule has 2 aromatic rings. The Balaban J connectivity index is 1.86. The Morgan fingerprint density at radius 1 is 1.26 bits per heavy atom. The third-order valence-corrected chi connectivity index (χ3v) is 5.35. The fraction of sp³-hybridized carbons (Fsp3) is 0.417. The molecule has 31 heavy (non-hydrogen) atoms. The van der Waals surface area contributed by atoms with E-state index >= 15 is 0 Å². The number of nitrogens with one attached hydrogen (secondary N) is 1. The molecule has 0 aliphatic carbocycles. The maximum absolute atomic E-state index is 13.4. The number of carbonyl (C=O) groups is 2. The lowest BCUT2D eigenvalue weighted by Gasteiger charge is -2.24. The van der Waals surface area contributed by atoms with Gasteiger partial charge in [0.2, 0.25) is 5.91 Å². The molecule has 1 heterocycles. The van der Waals surface area contributed by atoms with E-state index in [-0.39, 0.29) is 28.8 Å². The van der Waals surface area contributed by atoms with Crippen LogP contribution < -0.4 is 10.1 Å². The van der Waals surface area contributed by atoms with Crippen molar-refractivity contribution in [3.05, 3.63) is 58.4 Å². The SMILES string of the molecule is CC[C@@H]1Oc2ccc(NC(=O)CC(C)(C)C)cc2CN(Cc2ccc(F)cc2Cl)C1=O. The van der Waals surface area contributed by atoms with Gasteiger partial charge in [-0.3, -0.25) is 9.59 Å². The lowest BCUT2D eigenvalue weighted by atomic mass is 9.92. The molecular formula is C24H28ClFN2O3. The summed E-state index contributed by atoms with van der Waals surface area (Å²) in [6.07, 6.45) is 0.282. The van der Waals surface area contributed by atoms with Gasteiger partial charge in [-0.05, 0) is 47.7 Å². The minimum absolute atomic E-state index is 0.0700. The second kappa shape index (κ2) is 9.27. The molecule has 2 aromatic carbocycles. The summed E-state index contributed by atoms with van der Waals surface area (Å²) in [7, 11) is 0. The largest absolute Gasteiger partial charge is 0.480 e. The molecule has 5 nitrogen and oxygen atoms in total. The van der Waals surface area contributed by atoms with Crippen molar-refractivity contribution in [1.82, 2.24) is 4.90 Å². The van der Waals surface area contributed by atoms with Crippen LogP contribution in [-0.2, 0) is 22.7 Å². The predicted molar refractivity (Wildman–Crippen MR) is 120 cm³/mol. The molecular weight excluding hydrogens is 419 g/mol. The Bertz CT molecular complexity index is 987. The second-order valence-electron chi connectivity index (χ2n) is 9.05. The van der Waals surface area contributed by atoms with Crippen LogP contribution in [0.5, 0.6) is 5.75 Å². The van der Waals surface area contributed by atoms with Gasteiger partial charge in [-0.2, -0.15) is 0 Å². The van der Waals surface area contributed by atoms with Gasteiger partial charge in [0.15, 0.2) is 6.10 Å². The van der Waals surface area contributed by atoms with Crippen molar-refractivity contribution in [2.45, 2.75) is 59.7 Å². The maximum atomic E-state index is 13.4. The number of rotatable bonds is 5. The van der Waals surface area contributed by atoms with E-state index in [1.807, 2.05) is 33.8 Å². The van der Waals surface area contributed by atoms with Crippen molar-refractivity contribution in [1.29, 1.82) is 0 Å². The standard InChI is InChI=1S/C24H28ClFN2O3/c1-5-20-23(30)28(13-15-6-7-17(26)11-19(15)25)14-16-10-18(8-9-21(16)31-20)27-22(29)12-24(2,3)4/h6-11,20H,5,12-14H2,1-4H3,(H,27,29)/t20-/m0/s1. The molecule has 0 unspecified atom stereocenters. The summed E-state index contributed by atoms with van der Waals surface area (Å²) in [4.78, 5) is 27.0. The number of ether oxygens (including phenoxy) is 1. The summed E-state index contributed by atoms with van der Waals surface area (Å²) in [5, 5.41) is 3.20. The van der Waals surface area contributed by atoms with Gasteiger partial charge in [0.1, 0.15) is 11.6 Å². The van der Waals surface area contributed by atoms with Gasteiger partial charge in [0.25, 0.3) is 5.91 Å². The normalized spacial score (nSPS) is 16.4. The van der Waals surface area contributed by atoms with E-state index in [0.29, 0.717) is 36.4 Å². The minimum Gasteiger partial charge on any atom is -0.480 e. The summed E-state index contributed by atoms with van der Waals surface area (Å²) in [6, 6.07) is 9.55. The quantitative estimate of drug-likeness (QED) is 0.654. The average molecular weight is 447 g/mol. The molecule has 7 heteroatoms. The first-order valence-corrected chi connectivity index (χ1v) is 10.8. The van der Waals surface area contributed by atoms with Gasteiger partial charge in [-0.25, -0.2) is 4.39 Å². The summed E-state index contributed by atoms with van der Waals surface area (Å²) in [5.74, 6) is -0.0368. The zero-order valence-corrected chi connectivity index (χ0v) is 19.1. The highest BCUT2D eigenvalue weighted by atomic mass is 35.5. The highest BCUT2D eigenvalue weighted by Gasteiger charge is 2.30. The number of nitrogens with zero attached hydrogens (tertiary/aromatic N) is 1. The van der Waals surface area contributed by atoms with E-state index in [1.54, 1.807) is 23.1 Å². The molecule has 0 radical (unpaired) electrons. The summed E-state index contributed by atoms with van der Waals surface area (Å²) in [5.41, 5.74) is 1.98. The van der Waals surface area contributed by atoms with Crippen molar-refractivity contribution >= 4 is 29.1 Å². The number of halogens is 2. The molecule has 1 aliphatic heterocycles. The molecule has 0 saturated heterocycles. The Morgan fingerprint density at radius 3 is 2.65 bits per heavy atom. The fourth-order valence-electron chi connectivity index (χ4n) is 3.52. The molecule has 166 valence electrons. The third kappa shape index (κ3) is 5.97. The van der Waals surface area contributed by atoms with Crippen LogP contribution in [0.25, 0.3) is 0 Å². The van der Waals surface area contributed by atoms with Crippen LogP contribution in [0, 0.1) is 11.2 Å². The van der Waals surface area contributed by atoms with Crippen molar-refractivity contribution < 1.29 is 18.7 Å². The molecule has 0 bridgehead atoms. The fourth-order valence-corrected chi connectivity index (χ4v) is 3.75. The highest BCUT2D eigenvalue weighted by molar-refractivity contribution is 6.31. The van der Waals surface area contributed by atoms with Crippen molar-refractivity contribution in [3.8, 4) is 5.75 Å². The topological polar surface area (TPSA) is 58.6 Å². The monoisotopic (exact) mass is 446 g/mol. The van der Waals surface area contributed by atoms with Crippen LogP contribution in [0.4, 0.5) is 10.1 Å². The number of carbonyl (C=O) groups excluding carboxylic acids is 2. The number of amides is 2. The molecule has 1 atom stereocenters. The second-order valence-corrected chi connectivity index (χ2v) is 9.46. The Kier molecular flexibility index (Phi) is 6.90. The smallest absolute Gasteiger partial charge is 0.264 e. The number of hydrogen-bond donors (Lipinski definition) is 1. The third-order valence-electron chi connectivity index (χ3n) is 5.00. The van der Waals surface area contributed by atoms with Gasteiger partial charge >= 0.3 is 0 Å². The molecule has 0 aromatic heterocycles. The van der Waals surface area contributed by atoms with Crippen LogP contribution in [0.15, 0.2) is 36.4 Å². The van der Waals surface area contributed by atoms with Gasteiger partial charge in [0, 0.05) is 35.8 Å². The molecule has 0 fully saturated rings. The van der Waals surface area contributed by atoms with E-state index in [9.17, 15) is 14.0 Å². The van der Waals surface area contributed by atoms with E-state index < -0.39 is 11.9 Å². The van der Waals surface area contributed by atoms with Crippen LogP contribution in [0.3, 0.4) is 0 Å². The average Bonchev–Trinajstić information content (AvgIpc) is 2.79. The van der Waals surface area contributed by atoms with Gasteiger partial charge in [-0.1, -0.05) is 45.4 Å². The number of benzene rings is 2. The number of anilines is 1. The van der Waals surface area contributed by atoms with Gasteiger partial charge < -0.3 is 15.0 Å². The molecule has 0 saturated carbocycles. The van der Waals surface area contributed by atoms with Crippen molar-refractivity contribution in [2.75, 3.05) is 5.32 Å².